The maximum Gasteiger partial charge on any atom is 0.339 e. The van der Waals surface area contributed by atoms with Gasteiger partial charge < -0.3 is 10.5 Å². The molecule has 0 aliphatic heterocycles. The number of nitrogens with zero attached hydrogens (tertiary/aromatic N) is 2. The van der Waals surface area contributed by atoms with Crippen molar-refractivity contribution >= 4 is 11.7 Å². The zero-order chi connectivity index (χ0) is 15.6. The van der Waals surface area contributed by atoms with Crippen molar-refractivity contribution in [2.45, 2.75) is 26.6 Å². The summed E-state index contributed by atoms with van der Waals surface area (Å²) in [6.45, 7) is 3.28. The number of hydrogen-bond acceptors (Lipinski definition) is 4. The normalized spacial score (nSPS) is 10.9. The van der Waals surface area contributed by atoms with E-state index >= 15 is 0 Å². The van der Waals surface area contributed by atoms with Crippen LogP contribution in [0.4, 0.5) is 10.1 Å². The number of benzene rings is 1. The molecule has 0 aliphatic carbocycles. The minimum Gasteiger partial charge on any atom is -0.465 e. The fourth-order valence-electron chi connectivity index (χ4n) is 2.24. The van der Waals surface area contributed by atoms with Crippen molar-refractivity contribution in [3.8, 4) is 11.3 Å². The molecule has 0 amide bonds. The highest BCUT2D eigenvalue weighted by Gasteiger charge is 2.18. The average molecular weight is 291 g/mol. The van der Waals surface area contributed by atoms with Crippen molar-refractivity contribution in [1.29, 1.82) is 0 Å². The van der Waals surface area contributed by atoms with Gasteiger partial charge in [0.15, 0.2) is 0 Å². The molecular formula is C15H18FN3O2. The third kappa shape index (κ3) is 2.74. The van der Waals surface area contributed by atoms with Gasteiger partial charge in [-0.25, -0.2) is 9.18 Å². The highest BCUT2D eigenvalue weighted by atomic mass is 19.1. The molecule has 1 aromatic heterocycles. The molecule has 1 aromatic carbocycles. The smallest absolute Gasteiger partial charge is 0.339 e. The lowest BCUT2D eigenvalue weighted by molar-refractivity contribution is 0.0602. The van der Waals surface area contributed by atoms with Gasteiger partial charge in [0.2, 0.25) is 0 Å². The first-order chi connectivity index (χ1) is 9.99. The molecule has 6 heteroatoms. The van der Waals surface area contributed by atoms with E-state index in [-0.39, 0.29) is 17.3 Å². The summed E-state index contributed by atoms with van der Waals surface area (Å²) in [4.78, 5) is 11.8. The van der Waals surface area contributed by atoms with E-state index in [0.29, 0.717) is 11.1 Å². The van der Waals surface area contributed by atoms with Crippen LogP contribution in [-0.2, 0) is 11.4 Å². The van der Waals surface area contributed by atoms with Crippen molar-refractivity contribution in [2.75, 3.05) is 12.8 Å². The Kier molecular flexibility index (Phi) is 4.26. The molecule has 1 heterocycles. The second-order valence-corrected chi connectivity index (χ2v) is 4.98. The van der Waals surface area contributed by atoms with E-state index in [0.717, 1.165) is 5.69 Å². The molecule has 0 bridgehead atoms. The standard InChI is InChI=1S/C15H18FN3O2/c1-9(2)19-14(4-5-18-19)11-7-12(15(20)21-3)13(17)6-10(11)8-16/h4-7,9H,8,17H2,1-3H3. The topological polar surface area (TPSA) is 70.1 Å². The maximum absolute atomic E-state index is 13.3. The van der Waals surface area contributed by atoms with Crippen LogP contribution in [0.25, 0.3) is 11.3 Å². The second kappa shape index (κ2) is 5.95. The maximum atomic E-state index is 13.3. The van der Waals surface area contributed by atoms with Gasteiger partial charge in [0.1, 0.15) is 6.67 Å². The lowest BCUT2D eigenvalue weighted by atomic mass is 10.00. The Balaban J connectivity index is 2.66. The summed E-state index contributed by atoms with van der Waals surface area (Å²) in [5.74, 6) is -0.547. The van der Waals surface area contributed by atoms with Gasteiger partial charge in [-0.3, -0.25) is 4.68 Å². The number of esters is 1. The first kappa shape index (κ1) is 15.0. The number of anilines is 1. The largest absolute Gasteiger partial charge is 0.465 e. The van der Waals surface area contributed by atoms with Gasteiger partial charge in [-0.1, -0.05) is 0 Å². The quantitative estimate of drug-likeness (QED) is 0.694. The fraction of sp³-hybridized carbons (Fsp3) is 0.333. The average Bonchev–Trinajstić information content (AvgIpc) is 2.95. The lowest BCUT2D eigenvalue weighted by Crippen LogP contribution is -2.09. The van der Waals surface area contributed by atoms with E-state index in [4.69, 9.17) is 10.5 Å². The Bertz CT molecular complexity index is 665. The summed E-state index contributed by atoms with van der Waals surface area (Å²) in [6, 6.07) is 4.93. The van der Waals surface area contributed by atoms with Crippen LogP contribution in [0, 0.1) is 0 Å². The number of hydrogen-bond donors (Lipinski definition) is 1. The van der Waals surface area contributed by atoms with Crippen LogP contribution >= 0.6 is 0 Å². The lowest BCUT2D eigenvalue weighted by Gasteiger charge is -2.15. The van der Waals surface area contributed by atoms with Gasteiger partial charge in [-0.2, -0.15) is 5.10 Å². The molecule has 2 N–H and O–H groups in total. The van der Waals surface area contributed by atoms with Crippen LogP contribution in [0.15, 0.2) is 24.4 Å². The van der Waals surface area contributed by atoms with Gasteiger partial charge in [-0.15, -0.1) is 0 Å². The van der Waals surface area contributed by atoms with Crippen LogP contribution in [0.5, 0.6) is 0 Å². The molecule has 2 rings (SSSR count). The molecule has 0 atom stereocenters. The van der Waals surface area contributed by atoms with Crippen LogP contribution in [-0.4, -0.2) is 22.9 Å². The number of carbonyl (C=O) groups excluding carboxylic acids is 1. The zero-order valence-electron chi connectivity index (χ0n) is 12.3. The summed E-state index contributed by atoms with van der Waals surface area (Å²) in [5, 5.41) is 4.23. The number of carbonyl (C=O) groups is 1. The Morgan fingerprint density at radius 3 is 2.76 bits per heavy atom. The molecule has 21 heavy (non-hydrogen) atoms. The van der Waals surface area contributed by atoms with Gasteiger partial charge in [0, 0.05) is 23.5 Å². The van der Waals surface area contributed by atoms with Crippen LogP contribution in [0.1, 0.15) is 35.8 Å². The number of nitrogen functional groups attached to an aromatic ring is 1. The molecule has 0 spiro atoms. The first-order valence-corrected chi connectivity index (χ1v) is 6.60. The number of halogens is 1. The molecule has 0 saturated carbocycles. The molecule has 0 aliphatic rings. The van der Waals surface area contributed by atoms with E-state index in [9.17, 15) is 9.18 Å². The number of aromatic nitrogens is 2. The van der Waals surface area contributed by atoms with Crippen molar-refractivity contribution < 1.29 is 13.9 Å². The zero-order valence-corrected chi connectivity index (χ0v) is 12.3. The molecular weight excluding hydrogens is 273 g/mol. The number of ether oxygens (including phenoxy) is 1. The summed E-state index contributed by atoms with van der Waals surface area (Å²) in [6.07, 6.45) is 1.64. The van der Waals surface area contributed by atoms with E-state index in [2.05, 4.69) is 5.10 Å². The van der Waals surface area contributed by atoms with Crippen molar-refractivity contribution in [3.63, 3.8) is 0 Å². The molecule has 5 nitrogen and oxygen atoms in total. The minimum absolute atomic E-state index is 0.113. The molecule has 0 unspecified atom stereocenters. The number of nitrogens with two attached hydrogens (primary N) is 1. The summed E-state index contributed by atoms with van der Waals surface area (Å²) >= 11 is 0. The third-order valence-electron chi connectivity index (χ3n) is 3.26. The Hall–Kier alpha value is -2.37. The second-order valence-electron chi connectivity index (χ2n) is 4.98. The Morgan fingerprint density at radius 1 is 1.48 bits per heavy atom. The predicted molar refractivity (Wildman–Crippen MR) is 78.6 cm³/mol. The minimum atomic E-state index is -0.676. The van der Waals surface area contributed by atoms with E-state index < -0.39 is 12.6 Å². The molecule has 0 saturated heterocycles. The van der Waals surface area contributed by atoms with Crippen LogP contribution in [0.3, 0.4) is 0 Å². The highest BCUT2D eigenvalue weighted by Crippen LogP contribution is 2.30. The van der Waals surface area contributed by atoms with E-state index in [1.807, 2.05) is 13.8 Å². The van der Waals surface area contributed by atoms with Gasteiger partial charge in [0.05, 0.1) is 18.4 Å². The molecule has 112 valence electrons. The van der Waals surface area contributed by atoms with Crippen molar-refractivity contribution in [2.24, 2.45) is 0 Å². The van der Waals surface area contributed by atoms with Crippen LogP contribution in [0.2, 0.25) is 0 Å². The Labute approximate surface area is 122 Å². The molecule has 0 radical (unpaired) electrons. The van der Waals surface area contributed by atoms with Gasteiger partial charge >= 0.3 is 5.97 Å². The number of methoxy groups -OCH3 is 1. The summed E-state index contributed by atoms with van der Waals surface area (Å²) in [7, 11) is 1.28. The fourth-order valence-corrected chi connectivity index (χ4v) is 2.24. The highest BCUT2D eigenvalue weighted by molar-refractivity contribution is 5.97. The Morgan fingerprint density at radius 2 is 2.19 bits per heavy atom. The van der Waals surface area contributed by atoms with Crippen LogP contribution < -0.4 is 5.73 Å². The predicted octanol–water partition coefficient (Wildman–Crippen LogP) is 2.97. The van der Waals surface area contributed by atoms with E-state index in [1.165, 1.54) is 13.2 Å². The van der Waals surface area contributed by atoms with Gasteiger partial charge in [-0.05, 0) is 37.6 Å². The molecule has 2 aromatic rings. The monoisotopic (exact) mass is 291 g/mol. The summed E-state index contributed by atoms with van der Waals surface area (Å²) in [5.41, 5.74) is 7.98. The number of alkyl halides is 1. The van der Waals surface area contributed by atoms with Crippen molar-refractivity contribution in [3.05, 3.63) is 35.5 Å². The molecule has 0 fully saturated rings. The van der Waals surface area contributed by atoms with Crippen molar-refractivity contribution in [1.82, 2.24) is 9.78 Å². The SMILES string of the molecule is COC(=O)c1cc(-c2ccnn2C(C)C)c(CF)cc1N. The summed E-state index contributed by atoms with van der Waals surface area (Å²) < 4.78 is 19.8. The van der Waals surface area contributed by atoms with Gasteiger partial charge in [0.25, 0.3) is 0 Å². The van der Waals surface area contributed by atoms with E-state index in [1.54, 1.807) is 23.0 Å². The number of rotatable bonds is 4. The third-order valence-corrected chi connectivity index (χ3v) is 3.26. The first-order valence-electron chi connectivity index (χ1n) is 6.60.